The molecule has 0 amide bonds. The molecular formula is C15H26N4O2. The number of aromatic nitrogens is 2. The van der Waals surface area contributed by atoms with Gasteiger partial charge in [-0.15, -0.1) is 0 Å². The van der Waals surface area contributed by atoms with Gasteiger partial charge in [0.05, 0.1) is 12.7 Å². The normalized spacial score (nSPS) is 18.2. The molecule has 0 aromatic carbocycles. The van der Waals surface area contributed by atoms with Gasteiger partial charge in [-0.1, -0.05) is 20.8 Å². The van der Waals surface area contributed by atoms with Crippen molar-refractivity contribution in [3.05, 3.63) is 5.82 Å². The van der Waals surface area contributed by atoms with Gasteiger partial charge < -0.3 is 20.5 Å². The van der Waals surface area contributed by atoms with Gasteiger partial charge in [0.2, 0.25) is 5.88 Å². The summed E-state index contributed by atoms with van der Waals surface area (Å²) in [5.41, 5.74) is 6.60. The smallest absolute Gasteiger partial charge is 0.242 e. The van der Waals surface area contributed by atoms with E-state index < -0.39 is 0 Å². The molecule has 0 aliphatic carbocycles. The number of ether oxygens (including phenoxy) is 2. The summed E-state index contributed by atoms with van der Waals surface area (Å²) in [6.45, 7) is 8.32. The molecule has 0 radical (unpaired) electrons. The van der Waals surface area contributed by atoms with Crippen molar-refractivity contribution in [2.45, 2.75) is 52.1 Å². The molecule has 1 unspecified atom stereocenters. The van der Waals surface area contributed by atoms with Crippen molar-refractivity contribution in [1.82, 2.24) is 9.97 Å². The second-order valence-electron chi connectivity index (χ2n) is 5.67. The first-order chi connectivity index (χ1) is 10.1. The lowest BCUT2D eigenvalue weighted by atomic mass is 10.2. The van der Waals surface area contributed by atoms with Crippen LogP contribution in [0.15, 0.2) is 0 Å². The van der Waals surface area contributed by atoms with Crippen LogP contribution in [0.5, 0.6) is 5.88 Å². The maximum atomic E-state index is 6.12. The number of nitrogen functional groups attached to an aromatic ring is 1. The average molecular weight is 294 g/mol. The standard InChI is InChI=1S/C15H26N4O2/c1-4-7-21-15-12(16)14(18-13(19-15)10(2)3)17-9-11-6-5-8-20-11/h10-11H,4-9,16H2,1-3H3,(H,17,18,19). The van der Waals surface area contributed by atoms with Crippen molar-refractivity contribution in [2.24, 2.45) is 0 Å². The summed E-state index contributed by atoms with van der Waals surface area (Å²) in [6, 6.07) is 0. The highest BCUT2D eigenvalue weighted by molar-refractivity contribution is 5.67. The predicted molar refractivity (Wildman–Crippen MR) is 83.8 cm³/mol. The molecule has 2 rings (SSSR count). The Bertz CT molecular complexity index is 459. The Morgan fingerprint density at radius 1 is 1.43 bits per heavy atom. The van der Waals surface area contributed by atoms with E-state index in [0.717, 1.165) is 31.7 Å². The van der Waals surface area contributed by atoms with E-state index in [2.05, 4.69) is 36.1 Å². The second-order valence-corrected chi connectivity index (χ2v) is 5.67. The molecule has 21 heavy (non-hydrogen) atoms. The summed E-state index contributed by atoms with van der Waals surface area (Å²) in [7, 11) is 0. The largest absolute Gasteiger partial charge is 0.476 e. The van der Waals surface area contributed by atoms with Crippen LogP contribution in [0.3, 0.4) is 0 Å². The molecule has 1 fully saturated rings. The minimum Gasteiger partial charge on any atom is -0.476 e. The van der Waals surface area contributed by atoms with Gasteiger partial charge in [-0.2, -0.15) is 4.98 Å². The molecule has 1 aromatic rings. The number of hydrogen-bond donors (Lipinski definition) is 2. The zero-order valence-electron chi connectivity index (χ0n) is 13.2. The quantitative estimate of drug-likeness (QED) is 0.804. The first-order valence-electron chi connectivity index (χ1n) is 7.77. The summed E-state index contributed by atoms with van der Waals surface area (Å²) < 4.78 is 11.3. The number of nitrogens with zero attached hydrogens (tertiary/aromatic N) is 2. The molecule has 1 atom stereocenters. The summed E-state index contributed by atoms with van der Waals surface area (Å²) >= 11 is 0. The average Bonchev–Trinajstić information content (AvgIpc) is 2.98. The van der Waals surface area contributed by atoms with Crippen molar-refractivity contribution >= 4 is 11.5 Å². The number of hydrogen-bond acceptors (Lipinski definition) is 6. The van der Waals surface area contributed by atoms with E-state index >= 15 is 0 Å². The van der Waals surface area contributed by atoms with Crippen LogP contribution in [-0.2, 0) is 4.74 Å². The van der Waals surface area contributed by atoms with Crippen LogP contribution in [0, 0.1) is 0 Å². The number of nitrogens with two attached hydrogens (primary N) is 1. The van der Waals surface area contributed by atoms with Gasteiger partial charge in [0.15, 0.2) is 5.82 Å². The van der Waals surface area contributed by atoms with Crippen LogP contribution in [-0.4, -0.2) is 35.8 Å². The van der Waals surface area contributed by atoms with Crippen molar-refractivity contribution in [1.29, 1.82) is 0 Å². The monoisotopic (exact) mass is 294 g/mol. The van der Waals surface area contributed by atoms with Crippen molar-refractivity contribution in [3.8, 4) is 5.88 Å². The minimum absolute atomic E-state index is 0.220. The van der Waals surface area contributed by atoms with Gasteiger partial charge in [-0.05, 0) is 19.3 Å². The molecule has 1 aliphatic rings. The van der Waals surface area contributed by atoms with Gasteiger partial charge in [-0.25, -0.2) is 4.98 Å². The lowest BCUT2D eigenvalue weighted by Gasteiger charge is -2.17. The van der Waals surface area contributed by atoms with Crippen molar-refractivity contribution < 1.29 is 9.47 Å². The number of rotatable bonds is 7. The van der Waals surface area contributed by atoms with Crippen LogP contribution in [0.1, 0.15) is 51.8 Å². The zero-order valence-corrected chi connectivity index (χ0v) is 13.2. The van der Waals surface area contributed by atoms with E-state index in [9.17, 15) is 0 Å². The maximum Gasteiger partial charge on any atom is 0.242 e. The fourth-order valence-electron chi connectivity index (χ4n) is 2.18. The minimum atomic E-state index is 0.220. The lowest BCUT2D eigenvalue weighted by Crippen LogP contribution is -2.20. The lowest BCUT2D eigenvalue weighted by molar-refractivity contribution is 0.120. The molecule has 1 saturated heterocycles. The van der Waals surface area contributed by atoms with Gasteiger partial charge >= 0.3 is 0 Å². The van der Waals surface area contributed by atoms with Gasteiger partial charge in [0.1, 0.15) is 11.5 Å². The van der Waals surface area contributed by atoms with Crippen molar-refractivity contribution in [2.75, 3.05) is 30.8 Å². The topological polar surface area (TPSA) is 82.3 Å². The maximum absolute atomic E-state index is 6.12. The SMILES string of the molecule is CCCOc1nc(C(C)C)nc(NCC2CCCO2)c1N. The Kier molecular flexibility index (Phi) is 5.61. The van der Waals surface area contributed by atoms with Crippen molar-refractivity contribution in [3.63, 3.8) is 0 Å². The van der Waals surface area contributed by atoms with Crippen LogP contribution < -0.4 is 15.8 Å². The summed E-state index contributed by atoms with van der Waals surface area (Å²) in [5.74, 6) is 2.09. The first-order valence-corrected chi connectivity index (χ1v) is 7.77. The molecule has 6 nitrogen and oxygen atoms in total. The third kappa shape index (κ3) is 4.20. The summed E-state index contributed by atoms with van der Waals surface area (Å²) in [6.07, 6.45) is 3.35. The Morgan fingerprint density at radius 3 is 2.86 bits per heavy atom. The zero-order chi connectivity index (χ0) is 15.2. The highest BCUT2D eigenvalue weighted by Crippen LogP contribution is 2.28. The van der Waals surface area contributed by atoms with E-state index in [4.69, 9.17) is 15.2 Å². The van der Waals surface area contributed by atoms with E-state index in [1.165, 1.54) is 0 Å². The second kappa shape index (κ2) is 7.45. The van der Waals surface area contributed by atoms with Crippen LogP contribution in [0.2, 0.25) is 0 Å². The molecule has 1 aromatic heterocycles. The van der Waals surface area contributed by atoms with E-state index in [0.29, 0.717) is 30.5 Å². The van der Waals surface area contributed by atoms with Gasteiger partial charge in [0.25, 0.3) is 0 Å². The van der Waals surface area contributed by atoms with Gasteiger partial charge in [0, 0.05) is 19.1 Å². The molecule has 6 heteroatoms. The molecule has 118 valence electrons. The van der Waals surface area contributed by atoms with Gasteiger partial charge in [-0.3, -0.25) is 0 Å². The Balaban J connectivity index is 2.14. The fourth-order valence-corrected chi connectivity index (χ4v) is 2.18. The van der Waals surface area contributed by atoms with E-state index in [-0.39, 0.29) is 12.0 Å². The Hall–Kier alpha value is -1.56. The van der Waals surface area contributed by atoms with Crippen LogP contribution in [0.25, 0.3) is 0 Å². The van der Waals surface area contributed by atoms with Crippen LogP contribution in [0.4, 0.5) is 11.5 Å². The number of anilines is 2. The summed E-state index contributed by atoms with van der Waals surface area (Å²) in [5, 5.41) is 3.29. The highest BCUT2D eigenvalue weighted by Gasteiger charge is 2.18. The summed E-state index contributed by atoms with van der Waals surface area (Å²) in [4.78, 5) is 8.94. The molecule has 0 bridgehead atoms. The molecule has 2 heterocycles. The molecule has 0 saturated carbocycles. The molecule has 0 spiro atoms. The highest BCUT2D eigenvalue weighted by atomic mass is 16.5. The fraction of sp³-hybridized carbons (Fsp3) is 0.733. The molecule has 1 aliphatic heterocycles. The first kappa shape index (κ1) is 15.8. The predicted octanol–water partition coefficient (Wildman–Crippen LogP) is 2.56. The number of nitrogens with one attached hydrogen (secondary N) is 1. The van der Waals surface area contributed by atoms with E-state index in [1.54, 1.807) is 0 Å². The Labute approximate surface area is 126 Å². The molecule has 3 N–H and O–H groups in total. The Morgan fingerprint density at radius 2 is 2.24 bits per heavy atom. The van der Waals surface area contributed by atoms with Crippen LogP contribution >= 0.6 is 0 Å². The van der Waals surface area contributed by atoms with E-state index in [1.807, 2.05) is 0 Å². The molecular weight excluding hydrogens is 268 g/mol. The third-order valence-corrected chi connectivity index (χ3v) is 3.41. The third-order valence-electron chi connectivity index (χ3n) is 3.41.